The monoisotopic (exact) mass is 256 g/mol. The summed E-state index contributed by atoms with van der Waals surface area (Å²) in [5, 5.41) is 0. The Kier molecular flexibility index (Phi) is 4.15. The first kappa shape index (κ1) is 13.5. The largest absolute Gasteiger partial charge is 0.331 e. The molecule has 3 heteroatoms. The number of rotatable bonds is 5. The highest BCUT2D eigenvalue weighted by atomic mass is 16.1. The van der Waals surface area contributed by atoms with E-state index in [1.165, 1.54) is 5.57 Å². The van der Waals surface area contributed by atoms with Crippen molar-refractivity contribution in [3.8, 4) is 0 Å². The third-order valence-electron chi connectivity index (χ3n) is 3.49. The fourth-order valence-corrected chi connectivity index (χ4v) is 2.24. The number of ketones is 1. The highest BCUT2D eigenvalue weighted by Gasteiger charge is 2.10. The van der Waals surface area contributed by atoms with Crippen LogP contribution in [0.1, 0.15) is 32.5 Å². The van der Waals surface area contributed by atoms with Crippen molar-refractivity contribution in [2.24, 2.45) is 7.05 Å². The quantitative estimate of drug-likeness (QED) is 0.768. The number of imidazole rings is 1. The first-order valence-electron chi connectivity index (χ1n) is 6.78. The lowest BCUT2D eigenvalue weighted by molar-refractivity contribution is -0.114. The minimum atomic E-state index is 0.136. The molecule has 0 aliphatic rings. The second-order valence-electron chi connectivity index (χ2n) is 4.73. The summed E-state index contributed by atoms with van der Waals surface area (Å²) >= 11 is 0. The van der Waals surface area contributed by atoms with Gasteiger partial charge in [-0.1, -0.05) is 31.6 Å². The number of carbonyl (C=O) groups is 1. The Morgan fingerprint density at radius 2 is 1.95 bits per heavy atom. The molecule has 0 atom stereocenters. The van der Waals surface area contributed by atoms with Crippen LogP contribution in [0.2, 0.25) is 0 Å². The third-order valence-corrected chi connectivity index (χ3v) is 3.49. The summed E-state index contributed by atoms with van der Waals surface area (Å²) in [6, 6.07) is 7.95. The van der Waals surface area contributed by atoms with Crippen molar-refractivity contribution < 1.29 is 4.79 Å². The van der Waals surface area contributed by atoms with E-state index in [1.807, 2.05) is 35.9 Å². The molecule has 0 bridgehead atoms. The Morgan fingerprint density at radius 3 is 2.58 bits per heavy atom. The summed E-state index contributed by atoms with van der Waals surface area (Å²) in [5.74, 6) is 0.964. The van der Waals surface area contributed by atoms with Gasteiger partial charge in [0.1, 0.15) is 5.82 Å². The standard InChI is InChI=1S/C16H20N2O/c1-4-12(5-2)10-13(19)11-16-17-14-8-6-7-9-15(14)18(16)3/h6-10H,4-5,11H2,1-3H3. The van der Waals surface area contributed by atoms with Gasteiger partial charge in [-0.15, -0.1) is 0 Å². The lowest BCUT2D eigenvalue weighted by atomic mass is 10.1. The fourth-order valence-electron chi connectivity index (χ4n) is 2.24. The van der Waals surface area contributed by atoms with Crippen LogP contribution >= 0.6 is 0 Å². The summed E-state index contributed by atoms with van der Waals surface area (Å²) in [5.41, 5.74) is 3.22. The minimum absolute atomic E-state index is 0.136. The van der Waals surface area contributed by atoms with E-state index in [4.69, 9.17) is 0 Å². The topological polar surface area (TPSA) is 34.9 Å². The number of para-hydroxylation sites is 2. The molecule has 19 heavy (non-hydrogen) atoms. The molecule has 1 aromatic carbocycles. The van der Waals surface area contributed by atoms with Crippen LogP contribution in [0.5, 0.6) is 0 Å². The van der Waals surface area contributed by atoms with Crippen LogP contribution in [-0.2, 0) is 18.3 Å². The molecule has 0 N–H and O–H groups in total. The van der Waals surface area contributed by atoms with Gasteiger partial charge in [-0.25, -0.2) is 4.98 Å². The summed E-state index contributed by atoms with van der Waals surface area (Å²) < 4.78 is 2.00. The Hall–Kier alpha value is -1.90. The highest BCUT2D eigenvalue weighted by molar-refractivity contribution is 5.92. The number of carbonyl (C=O) groups excluding carboxylic acids is 1. The zero-order valence-corrected chi connectivity index (χ0v) is 11.8. The highest BCUT2D eigenvalue weighted by Crippen LogP contribution is 2.15. The number of allylic oxidation sites excluding steroid dienone is 2. The molecule has 2 aromatic rings. The number of hydrogen-bond acceptors (Lipinski definition) is 2. The molecule has 100 valence electrons. The Bertz CT molecular complexity index is 617. The number of benzene rings is 1. The molecule has 0 aliphatic heterocycles. The van der Waals surface area contributed by atoms with E-state index in [2.05, 4.69) is 18.8 Å². The molecule has 0 saturated carbocycles. The predicted octanol–water partition coefficient (Wildman–Crippen LogP) is 3.43. The zero-order chi connectivity index (χ0) is 13.8. The van der Waals surface area contributed by atoms with Crippen LogP contribution in [0.15, 0.2) is 35.9 Å². The predicted molar refractivity (Wildman–Crippen MR) is 78.1 cm³/mol. The van der Waals surface area contributed by atoms with Crippen molar-refractivity contribution in [3.05, 3.63) is 41.7 Å². The van der Waals surface area contributed by atoms with Gasteiger partial charge in [0.2, 0.25) is 0 Å². The molecule has 2 rings (SSSR count). The van der Waals surface area contributed by atoms with Gasteiger partial charge < -0.3 is 4.57 Å². The Labute approximate surface area is 114 Å². The molecule has 0 saturated heterocycles. The van der Waals surface area contributed by atoms with Crippen molar-refractivity contribution in [2.75, 3.05) is 0 Å². The van der Waals surface area contributed by atoms with E-state index in [0.717, 1.165) is 29.7 Å². The molecule has 0 aliphatic carbocycles. The van der Waals surface area contributed by atoms with Gasteiger partial charge in [0.15, 0.2) is 5.78 Å². The summed E-state index contributed by atoms with van der Waals surface area (Å²) in [6.07, 6.45) is 4.02. The van der Waals surface area contributed by atoms with Crippen molar-refractivity contribution in [2.45, 2.75) is 33.1 Å². The van der Waals surface area contributed by atoms with Crippen LogP contribution in [0.3, 0.4) is 0 Å². The lowest BCUT2D eigenvalue weighted by Crippen LogP contribution is -2.06. The van der Waals surface area contributed by atoms with E-state index >= 15 is 0 Å². The smallest absolute Gasteiger partial charge is 0.163 e. The molecule has 3 nitrogen and oxygen atoms in total. The van der Waals surface area contributed by atoms with Gasteiger partial charge >= 0.3 is 0 Å². The summed E-state index contributed by atoms with van der Waals surface area (Å²) in [6.45, 7) is 4.16. The summed E-state index contributed by atoms with van der Waals surface area (Å²) in [7, 11) is 1.96. The maximum Gasteiger partial charge on any atom is 0.163 e. The van der Waals surface area contributed by atoms with E-state index in [-0.39, 0.29) is 5.78 Å². The third kappa shape index (κ3) is 2.92. The molecule has 0 amide bonds. The Morgan fingerprint density at radius 1 is 1.26 bits per heavy atom. The van der Waals surface area contributed by atoms with Crippen LogP contribution in [0, 0.1) is 0 Å². The average molecular weight is 256 g/mol. The molecule has 0 spiro atoms. The molecule has 0 unspecified atom stereocenters. The first-order chi connectivity index (χ1) is 9.15. The second kappa shape index (κ2) is 5.83. The normalized spacial score (nSPS) is 10.7. The second-order valence-corrected chi connectivity index (χ2v) is 4.73. The van der Waals surface area contributed by atoms with Gasteiger partial charge in [-0.3, -0.25) is 4.79 Å². The van der Waals surface area contributed by atoms with Crippen LogP contribution < -0.4 is 0 Å². The maximum atomic E-state index is 12.0. The number of fused-ring (bicyclic) bond motifs is 1. The number of aromatic nitrogens is 2. The zero-order valence-electron chi connectivity index (χ0n) is 11.8. The molecule has 1 aromatic heterocycles. The van der Waals surface area contributed by atoms with Crippen molar-refractivity contribution >= 4 is 16.8 Å². The molecular weight excluding hydrogens is 236 g/mol. The van der Waals surface area contributed by atoms with Gasteiger partial charge in [0.25, 0.3) is 0 Å². The minimum Gasteiger partial charge on any atom is -0.331 e. The van der Waals surface area contributed by atoms with Gasteiger partial charge in [-0.05, 0) is 31.1 Å². The SMILES string of the molecule is CCC(=CC(=O)Cc1nc2ccccc2n1C)CC. The van der Waals surface area contributed by atoms with Crippen molar-refractivity contribution in [1.82, 2.24) is 9.55 Å². The Balaban J connectivity index is 2.24. The van der Waals surface area contributed by atoms with Crippen LogP contribution in [0.4, 0.5) is 0 Å². The van der Waals surface area contributed by atoms with Crippen LogP contribution in [0.25, 0.3) is 11.0 Å². The van der Waals surface area contributed by atoms with E-state index in [9.17, 15) is 4.79 Å². The molecular formula is C16H20N2O. The van der Waals surface area contributed by atoms with Gasteiger partial charge in [0.05, 0.1) is 17.5 Å². The van der Waals surface area contributed by atoms with Crippen LogP contribution in [-0.4, -0.2) is 15.3 Å². The number of hydrogen-bond donors (Lipinski definition) is 0. The van der Waals surface area contributed by atoms with Crippen molar-refractivity contribution in [1.29, 1.82) is 0 Å². The van der Waals surface area contributed by atoms with Crippen molar-refractivity contribution in [3.63, 3.8) is 0 Å². The van der Waals surface area contributed by atoms with E-state index in [0.29, 0.717) is 6.42 Å². The maximum absolute atomic E-state index is 12.0. The van der Waals surface area contributed by atoms with E-state index < -0.39 is 0 Å². The van der Waals surface area contributed by atoms with Gasteiger partial charge in [0, 0.05) is 7.05 Å². The van der Waals surface area contributed by atoms with E-state index in [1.54, 1.807) is 6.08 Å². The first-order valence-corrected chi connectivity index (χ1v) is 6.78. The van der Waals surface area contributed by atoms with Gasteiger partial charge in [-0.2, -0.15) is 0 Å². The lowest BCUT2D eigenvalue weighted by Gasteiger charge is -2.02. The summed E-state index contributed by atoms with van der Waals surface area (Å²) in [4.78, 5) is 16.6. The molecule has 1 heterocycles. The molecule has 0 fully saturated rings. The fraction of sp³-hybridized carbons (Fsp3) is 0.375. The number of aryl methyl sites for hydroxylation is 1. The molecule has 0 radical (unpaired) electrons. The average Bonchev–Trinajstić information content (AvgIpc) is 2.73. The number of nitrogens with zero attached hydrogens (tertiary/aromatic N) is 2.